The molecular formula is C11H10Cl2N2OS. The maximum Gasteiger partial charge on any atom is 0.211 e. The van der Waals surface area contributed by atoms with Crippen molar-refractivity contribution in [1.29, 1.82) is 0 Å². The number of thioether (sulfide) groups is 1. The van der Waals surface area contributed by atoms with E-state index in [4.69, 9.17) is 23.2 Å². The number of carbonyl (C=O) groups is 1. The van der Waals surface area contributed by atoms with Gasteiger partial charge in [-0.2, -0.15) is 0 Å². The van der Waals surface area contributed by atoms with E-state index in [1.54, 1.807) is 6.20 Å². The Bertz CT molecular complexity index is 458. The highest BCUT2D eigenvalue weighted by Crippen LogP contribution is 2.41. The average molecular weight is 289 g/mol. The Morgan fingerprint density at radius 2 is 2.29 bits per heavy atom. The third kappa shape index (κ3) is 2.54. The molecule has 0 fully saturated rings. The molecule has 1 N–H and O–H groups in total. The quantitative estimate of drug-likeness (QED) is 0.526. The molecule has 1 atom stereocenters. The Morgan fingerprint density at radius 3 is 2.94 bits per heavy atom. The molecule has 2 rings (SSSR count). The fourth-order valence-corrected chi connectivity index (χ4v) is 3.16. The van der Waals surface area contributed by atoms with Crippen molar-refractivity contribution in [1.82, 2.24) is 5.32 Å². The molecule has 0 radical (unpaired) electrons. The van der Waals surface area contributed by atoms with Crippen LogP contribution >= 0.6 is 35.0 Å². The minimum absolute atomic E-state index is 0.309. The predicted molar refractivity (Wildman–Crippen MR) is 73.2 cm³/mol. The van der Waals surface area contributed by atoms with Crippen LogP contribution in [0.3, 0.4) is 0 Å². The van der Waals surface area contributed by atoms with Gasteiger partial charge in [0, 0.05) is 6.20 Å². The fourth-order valence-electron chi connectivity index (χ4n) is 1.62. The predicted octanol–water partition coefficient (Wildman–Crippen LogP) is 3.27. The molecular weight excluding hydrogens is 279 g/mol. The second-order valence-corrected chi connectivity index (χ2v) is 5.68. The number of rotatable bonds is 3. The number of aryl methyl sites for hydroxylation is 1. The van der Waals surface area contributed by atoms with E-state index in [9.17, 15) is 4.79 Å². The molecule has 0 aromatic heterocycles. The first kappa shape index (κ1) is 12.6. The maximum absolute atomic E-state index is 10.4. The molecule has 0 spiro atoms. The number of hydrogen-bond acceptors (Lipinski definition) is 3. The SMILES string of the molecule is Cc1cccc(Cl)c1N1C=C(NC=O)SC1Cl. The summed E-state index contributed by atoms with van der Waals surface area (Å²) in [6.45, 7) is 1.97. The molecule has 1 aromatic carbocycles. The number of para-hydroxylation sites is 1. The van der Waals surface area contributed by atoms with Crippen molar-refractivity contribution < 1.29 is 4.79 Å². The number of nitrogens with one attached hydrogen (secondary N) is 1. The van der Waals surface area contributed by atoms with Crippen LogP contribution < -0.4 is 10.2 Å². The summed E-state index contributed by atoms with van der Waals surface area (Å²) in [6, 6.07) is 5.67. The van der Waals surface area contributed by atoms with E-state index in [2.05, 4.69) is 5.32 Å². The van der Waals surface area contributed by atoms with Crippen LogP contribution in [-0.4, -0.2) is 11.2 Å². The molecule has 1 aromatic rings. The summed E-state index contributed by atoms with van der Waals surface area (Å²) in [5.41, 5.74) is 1.90. The normalized spacial score (nSPS) is 19.1. The summed E-state index contributed by atoms with van der Waals surface area (Å²) >= 11 is 13.7. The van der Waals surface area contributed by atoms with E-state index >= 15 is 0 Å². The second-order valence-electron chi connectivity index (χ2n) is 3.48. The fraction of sp³-hybridized carbons (Fsp3) is 0.182. The van der Waals surface area contributed by atoms with Gasteiger partial charge in [0.2, 0.25) is 6.41 Å². The van der Waals surface area contributed by atoms with Crippen LogP contribution in [0.1, 0.15) is 5.56 Å². The molecule has 6 heteroatoms. The molecule has 1 unspecified atom stereocenters. The first-order chi connectivity index (χ1) is 8.13. The van der Waals surface area contributed by atoms with Crippen molar-refractivity contribution in [3.05, 3.63) is 40.0 Å². The zero-order chi connectivity index (χ0) is 12.4. The first-order valence-electron chi connectivity index (χ1n) is 4.89. The maximum atomic E-state index is 10.4. The number of carbonyl (C=O) groups excluding carboxylic acids is 1. The van der Waals surface area contributed by atoms with Crippen LogP contribution in [0.2, 0.25) is 5.02 Å². The number of anilines is 1. The van der Waals surface area contributed by atoms with Gasteiger partial charge in [-0.05, 0) is 18.6 Å². The van der Waals surface area contributed by atoms with E-state index in [1.165, 1.54) is 11.8 Å². The van der Waals surface area contributed by atoms with Gasteiger partial charge >= 0.3 is 0 Å². The molecule has 90 valence electrons. The third-order valence-electron chi connectivity index (χ3n) is 2.35. The highest BCUT2D eigenvalue weighted by atomic mass is 35.5. The van der Waals surface area contributed by atoms with Crippen molar-refractivity contribution in [2.45, 2.75) is 11.8 Å². The molecule has 0 saturated heterocycles. The Morgan fingerprint density at radius 1 is 1.53 bits per heavy atom. The summed E-state index contributed by atoms with van der Waals surface area (Å²) in [6.07, 6.45) is 2.41. The molecule has 17 heavy (non-hydrogen) atoms. The van der Waals surface area contributed by atoms with Crippen LogP contribution in [0.15, 0.2) is 29.4 Å². The van der Waals surface area contributed by atoms with E-state index in [1.807, 2.05) is 30.0 Å². The number of halogens is 2. The Kier molecular flexibility index (Phi) is 3.86. The molecule has 1 heterocycles. The number of benzene rings is 1. The van der Waals surface area contributed by atoms with Crippen molar-refractivity contribution in [2.24, 2.45) is 0 Å². The number of amides is 1. The highest BCUT2D eigenvalue weighted by molar-refractivity contribution is 8.05. The topological polar surface area (TPSA) is 32.3 Å². The van der Waals surface area contributed by atoms with E-state index in [0.29, 0.717) is 16.5 Å². The van der Waals surface area contributed by atoms with Gasteiger partial charge in [0.1, 0.15) is 0 Å². The molecule has 1 amide bonds. The van der Waals surface area contributed by atoms with Crippen LogP contribution in [0.25, 0.3) is 0 Å². The monoisotopic (exact) mass is 288 g/mol. The van der Waals surface area contributed by atoms with Gasteiger partial charge in [0.25, 0.3) is 0 Å². The lowest BCUT2D eigenvalue weighted by Gasteiger charge is -2.22. The van der Waals surface area contributed by atoms with Gasteiger partial charge in [-0.1, -0.05) is 47.1 Å². The Balaban J connectivity index is 2.37. The average Bonchev–Trinajstić information content (AvgIpc) is 2.60. The van der Waals surface area contributed by atoms with Crippen molar-refractivity contribution in [3.63, 3.8) is 0 Å². The number of nitrogens with zero attached hydrogens (tertiary/aromatic N) is 1. The summed E-state index contributed by atoms with van der Waals surface area (Å²) in [5, 5.41) is 3.93. The highest BCUT2D eigenvalue weighted by Gasteiger charge is 2.26. The largest absolute Gasteiger partial charge is 0.322 e. The van der Waals surface area contributed by atoms with Gasteiger partial charge in [-0.25, -0.2) is 0 Å². The van der Waals surface area contributed by atoms with Crippen molar-refractivity contribution in [3.8, 4) is 0 Å². The van der Waals surface area contributed by atoms with Crippen LogP contribution in [0.5, 0.6) is 0 Å². The summed E-state index contributed by atoms with van der Waals surface area (Å²) < 4.78 is 0. The third-order valence-corrected chi connectivity index (χ3v) is 4.03. The first-order valence-corrected chi connectivity index (χ1v) is 6.59. The van der Waals surface area contributed by atoms with Gasteiger partial charge in [0.15, 0.2) is 4.83 Å². The lowest BCUT2D eigenvalue weighted by atomic mass is 10.2. The number of hydrogen-bond donors (Lipinski definition) is 1. The van der Waals surface area contributed by atoms with Gasteiger partial charge in [-0.15, -0.1) is 0 Å². The number of alkyl halides is 1. The van der Waals surface area contributed by atoms with E-state index < -0.39 is 0 Å². The standard InChI is InChI=1S/C11H10Cl2N2OS/c1-7-3-2-4-8(12)10(7)15-5-9(14-6-16)17-11(15)13/h2-6,11H,1H3,(H,14,16). The second kappa shape index (κ2) is 5.21. The van der Waals surface area contributed by atoms with Crippen LogP contribution in [-0.2, 0) is 4.79 Å². The zero-order valence-electron chi connectivity index (χ0n) is 8.98. The van der Waals surface area contributed by atoms with Gasteiger partial charge in [-0.3, -0.25) is 4.79 Å². The van der Waals surface area contributed by atoms with E-state index in [0.717, 1.165) is 11.3 Å². The Hall–Kier alpha value is -0.840. The van der Waals surface area contributed by atoms with Crippen molar-refractivity contribution in [2.75, 3.05) is 4.90 Å². The molecule has 0 bridgehead atoms. The molecule has 1 aliphatic heterocycles. The van der Waals surface area contributed by atoms with Crippen LogP contribution in [0, 0.1) is 6.92 Å². The smallest absolute Gasteiger partial charge is 0.211 e. The lowest BCUT2D eigenvalue weighted by Crippen LogP contribution is -2.19. The molecule has 0 saturated carbocycles. The summed E-state index contributed by atoms with van der Waals surface area (Å²) in [4.78, 5) is 11.9. The molecule has 0 aliphatic carbocycles. The summed E-state index contributed by atoms with van der Waals surface area (Å²) in [5.74, 6) is 0. The van der Waals surface area contributed by atoms with Gasteiger partial charge < -0.3 is 10.2 Å². The minimum atomic E-state index is -0.309. The lowest BCUT2D eigenvalue weighted by molar-refractivity contribution is -0.108. The Labute approximate surface area is 114 Å². The minimum Gasteiger partial charge on any atom is -0.322 e. The summed E-state index contributed by atoms with van der Waals surface area (Å²) in [7, 11) is 0. The van der Waals surface area contributed by atoms with Crippen molar-refractivity contribution >= 4 is 47.1 Å². The van der Waals surface area contributed by atoms with Gasteiger partial charge in [0.05, 0.1) is 15.7 Å². The molecule has 1 aliphatic rings. The van der Waals surface area contributed by atoms with Crippen LogP contribution in [0.4, 0.5) is 5.69 Å². The zero-order valence-corrected chi connectivity index (χ0v) is 11.3. The van der Waals surface area contributed by atoms with E-state index in [-0.39, 0.29) is 4.83 Å². The molecule has 3 nitrogen and oxygen atoms in total.